The molecule has 5 aromatic carbocycles. The Hall–Kier alpha value is -5.14. The summed E-state index contributed by atoms with van der Waals surface area (Å²) in [6, 6.07) is 40.5. The minimum atomic E-state index is -0.735. The largest absolute Gasteiger partial charge is 0.494 e. The standard InChI is InChI=1S/C33H42O.C31H45BO3.CO2/c1-7-26-14-12-13-15-31(26)28-17-19-29(20-18-28)33(10-4,11-5)30-21-16-27(25(6)24-30)22-23-32(34,8-2)9-3;1-10-30(33,11-2)21-20-24-14-15-26(22-23(24)5)31(12-3,13-4)25-16-18-27(19-17-25)32-34-28(6,7)29(8,9)35-32;2-1-3/h12-24,34H,7-11H2,1-6H3;14-22,33H,10-13H2,1-9H3;/b23-22+;21-20+;. The van der Waals surface area contributed by atoms with Crippen molar-refractivity contribution in [2.45, 2.75) is 195 Å². The van der Waals surface area contributed by atoms with Gasteiger partial charge in [0.1, 0.15) is 0 Å². The highest BCUT2D eigenvalue weighted by molar-refractivity contribution is 6.62. The molecule has 1 saturated heterocycles. The van der Waals surface area contributed by atoms with Gasteiger partial charge in [0.25, 0.3) is 0 Å². The summed E-state index contributed by atoms with van der Waals surface area (Å²) in [6.45, 7) is 32.2. The Balaban J connectivity index is 0.000000296. The average molecular weight is 975 g/mol. The van der Waals surface area contributed by atoms with Crippen molar-refractivity contribution in [3.05, 3.63) is 171 Å². The monoisotopic (exact) mass is 975 g/mol. The Morgan fingerprint density at radius 3 is 1.22 bits per heavy atom. The Morgan fingerprint density at radius 2 is 0.875 bits per heavy atom. The van der Waals surface area contributed by atoms with E-state index in [-0.39, 0.29) is 35.3 Å². The quantitative estimate of drug-likeness (QED) is 0.0801. The molecule has 6 rings (SSSR count). The van der Waals surface area contributed by atoms with E-state index in [9.17, 15) is 10.2 Å². The van der Waals surface area contributed by atoms with Crippen LogP contribution in [0.2, 0.25) is 0 Å². The zero-order chi connectivity index (χ0) is 53.5. The van der Waals surface area contributed by atoms with E-state index in [1.807, 2.05) is 39.8 Å². The minimum absolute atomic E-state index is 0.0105. The maximum absolute atomic E-state index is 10.6. The van der Waals surface area contributed by atoms with Gasteiger partial charge in [0.05, 0.1) is 22.4 Å². The van der Waals surface area contributed by atoms with Gasteiger partial charge in [-0.05, 0) is 166 Å². The molecule has 0 bridgehead atoms. The molecule has 0 spiro atoms. The fourth-order valence-corrected chi connectivity index (χ4v) is 10.3. The molecule has 2 N–H and O–H groups in total. The average Bonchev–Trinajstić information content (AvgIpc) is 3.62. The van der Waals surface area contributed by atoms with Crippen LogP contribution in [-0.4, -0.2) is 45.9 Å². The van der Waals surface area contributed by atoms with Crippen molar-refractivity contribution >= 4 is 30.9 Å². The lowest BCUT2D eigenvalue weighted by Gasteiger charge is -2.34. The molecule has 0 radical (unpaired) electrons. The lowest BCUT2D eigenvalue weighted by molar-refractivity contribution is -0.191. The number of hydrogen-bond donors (Lipinski definition) is 2. The highest BCUT2D eigenvalue weighted by Gasteiger charge is 2.51. The Kier molecular flexibility index (Phi) is 21.2. The Bertz CT molecular complexity index is 2560. The number of aryl methyl sites for hydroxylation is 3. The first-order chi connectivity index (χ1) is 34.1. The predicted octanol–water partition coefficient (Wildman–Crippen LogP) is 15.3. The van der Waals surface area contributed by atoms with Gasteiger partial charge < -0.3 is 19.5 Å². The highest BCUT2D eigenvalue weighted by atomic mass is 16.7. The molecule has 1 heterocycles. The molecule has 72 heavy (non-hydrogen) atoms. The second-order valence-corrected chi connectivity index (χ2v) is 20.9. The number of hydrogen-bond acceptors (Lipinski definition) is 6. The highest BCUT2D eigenvalue weighted by Crippen LogP contribution is 2.42. The summed E-state index contributed by atoms with van der Waals surface area (Å²) < 4.78 is 12.5. The summed E-state index contributed by atoms with van der Waals surface area (Å²) in [5.41, 5.74) is 13.1. The van der Waals surface area contributed by atoms with Crippen LogP contribution in [0.15, 0.2) is 121 Å². The van der Waals surface area contributed by atoms with Crippen LogP contribution in [0.25, 0.3) is 23.3 Å². The number of benzene rings is 5. The molecule has 386 valence electrons. The van der Waals surface area contributed by atoms with Gasteiger partial charge in [-0.3, -0.25) is 0 Å². The van der Waals surface area contributed by atoms with E-state index < -0.39 is 11.2 Å². The maximum Gasteiger partial charge on any atom is 0.494 e. The van der Waals surface area contributed by atoms with E-state index in [2.05, 4.69) is 198 Å². The summed E-state index contributed by atoms with van der Waals surface area (Å²) in [6.07, 6.45) is 16.4. The number of aliphatic hydroxyl groups is 2. The molecule has 0 aromatic heterocycles. The molecule has 0 amide bonds. The lowest BCUT2D eigenvalue weighted by atomic mass is 9.69. The van der Waals surface area contributed by atoms with E-state index in [1.54, 1.807) is 0 Å². The van der Waals surface area contributed by atoms with Gasteiger partial charge in [-0.2, -0.15) is 9.59 Å². The zero-order valence-electron chi connectivity index (χ0n) is 46.7. The van der Waals surface area contributed by atoms with Crippen LogP contribution in [0.4, 0.5) is 0 Å². The van der Waals surface area contributed by atoms with Crippen molar-refractivity contribution < 1.29 is 29.1 Å². The molecule has 0 aliphatic carbocycles. The number of carbonyl (C=O) groups excluding carboxylic acids is 2. The van der Waals surface area contributed by atoms with Gasteiger partial charge in [-0.15, -0.1) is 0 Å². The normalized spacial score (nSPS) is 14.7. The summed E-state index contributed by atoms with van der Waals surface area (Å²) in [5, 5.41) is 21.3. The molecule has 6 nitrogen and oxygen atoms in total. The molecular formula is C65H87BO6. The van der Waals surface area contributed by atoms with E-state index in [1.165, 1.54) is 55.6 Å². The fraction of sp³-hybridized carbons (Fsp3) is 0.462. The van der Waals surface area contributed by atoms with Crippen molar-refractivity contribution in [3.63, 3.8) is 0 Å². The first-order valence-corrected chi connectivity index (χ1v) is 26.8. The van der Waals surface area contributed by atoms with Gasteiger partial charge >= 0.3 is 13.3 Å². The molecular weight excluding hydrogens is 888 g/mol. The van der Waals surface area contributed by atoms with Gasteiger partial charge in [0.2, 0.25) is 0 Å². The van der Waals surface area contributed by atoms with Crippen LogP contribution in [-0.2, 0) is 36.1 Å². The summed E-state index contributed by atoms with van der Waals surface area (Å²) >= 11 is 0. The van der Waals surface area contributed by atoms with E-state index >= 15 is 0 Å². The smallest absolute Gasteiger partial charge is 0.399 e. The van der Waals surface area contributed by atoms with E-state index in [0.29, 0.717) is 12.8 Å². The second kappa shape index (κ2) is 25.7. The van der Waals surface area contributed by atoms with Gasteiger partial charge in [-0.25, -0.2) is 0 Å². The van der Waals surface area contributed by atoms with Crippen LogP contribution >= 0.6 is 0 Å². The van der Waals surface area contributed by atoms with Crippen molar-refractivity contribution in [1.82, 2.24) is 0 Å². The minimum Gasteiger partial charge on any atom is -0.399 e. The van der Waals surface area contributed by atoms with Crippen LogP contribution in [0.3, 0.4) is 0 Å². The third-order valence-corrected chi connectivity index (χ3v) is 16.8. The van der Waals surface area contributed by atoms with Crippen LogP contribution in [0.1, 0.15) is 191 Å². The maximum atomic E-state index is 10.6. The molecule has 1 aliphatic rings. The van der Waals surface area contributed by atoms with Crippen molar-refractivity contribution in [3.8, 4) is 11.1 Å². The third kappa shape index (κ3) is 13.3. The van der Waals surface area contributed by atoms with Crippen LogP contribution in [0, 0.1) is 13.8 Å². The van der Waals surface area contributed by atoms with E-state index in [0.717, 1.165) is 56.0 Å². The summed E-state index contributed by atoms with van der Waals surface area (Å²) in [5.74, 6) is 0. The summed E-state index contributed by atoms with van der Waals surface area (Å²) in [7, 11) is -0.343. The molecule has 7 heteroatoms. The van der Waals surface area contributed by atoms with Crippen molar-refractivity contribution in [2.75, 3.05) is 0 Å². The Morgan fingerprint density at radius 1 is 0.514 bits per heavy atom. The first kappa shape index (κ1) is 59.4. The molecule has 1 fully saturated rings. The Labute approximate surface area is 435 Å². The predicted molar refractivity (Wildman–Crippen MR) is 303 cm³/mol. The zero-order valence-corrected chi connectivity index (χ0v) is 46.7. The molecule has 0 unspecified atom stereocenters. The SMILES string of the molecule is CCC(O)(/C=C/c1ccc(C(CC)(CC)c2ccc(B3OC(C)(C)C(C)(C)O3)cc2)cc1C)CC.CCc1ccccc1-c1ccc(C(CC)(CC)c2ccc(/C=C/C(O)(CC)CC)c(C)c2)cc1.O=C=O. The van der Waals surface area contributed by atoms with Gasteiger partial charge in [-0.1, -0.05) is 196 Å². The third-order valence-electron chi connectivity index (χ3n) is 16.8. The van der Waals surface area contributed by atoms with E-state index in [4.69, 9.17) is 18.9 Å². The molecule has 0 saturated carbocycles. The van der Waals surface area contributed by atoms with Gasteiger partial charge in [0.15, 0.2) is 0 Å². The van der Waals surface area contributed by atoms with Crippen molar-refractivity contribution in [2.24, 2.45) is 0 Å². The summed E-state index contributed by atoms with van der Waals surface area (Å²) in [4.78, 5) is 16.2. The molecule has 0 atom stereocenters. The molecule has 1 aliphatic heterocycles. The first-order valence-electron chi connectivity index (χ1n) is 26.8. The lowest BCUT2D eigenvalue weighted by Crippen LogP contribution is -2.41. The van der Waals surface area contributed by atoms with Crippen LogP contribution in [0.5, 0.6) is 0 Å². The fourth-order valence-electron chi connectivity index (χ4n) is 10.3. The number of rotatable bonds is 19. The second-order valence-electron chi connectivity index (χ2n) is 20.9. The van der Waals surface area contributed by atoms with Crippen LogP contribution < -0.4 is 5.46 Å². The van der Waals surface area contributed by atoms with Gasteiger partial charge in [0, 0.05) is 10.8 Å². The topological polar surface area (TPSA) is 93.1 Å². The van der Waals surface area contributed by atoms with Crippen molar-refractivity contribution in [1.29, 1.82) is 0 Å². The molecule has 5 aromatic rings.